The van der Waals surface area contributed by atoms with Gasteiger partial charge in [-0.3, -0.25) is 4.79 Å². The minimum Gasteiger partial charge on any atom is -0.300 e. The van der Waals surface area contributed by atoms with Crippen LogP contribution in [0.15, 0.2) is 42.5 Å². The van der Waals surface area contributed by atoms with E-state index in [2.05, 4.69) is 39.8 Å². The Hall–Kier alpha value is -2.01. The normalized spacial score (nSPS) is 17.6. The molecule has 1 aliphatic rings. The first kappa shape index (κ1) is 13.9. The minimum atomic E-state index is 0.0572. The van der Waals surface area contributed by atoms with Crippen molar-refractivity contribution in [2.75, 3.05) is 5.32 Å². The van der Waals surface area contributed by atoms with Crippen LogP contribution in [0.5, 0.6) is 0 Å². The fraction of sp³-hybridized carbons (Fsp3) is 0.312. The molecule has 1 atom stereocenters. The Morgan fingerprint density at radius 1 is 1.24 bits per heavy atom. The van der Waals surface area contributed by atoms with Gasteiger partial charge >= 0.3 is 0 Å². The molecule has 0 aliphatic heterocycles. The average molecular weight is 299 g/mol. The van der Waals surface area contributed by atoms with Crippen LogP contribution in [-0.2, 0) is 11.2 Å². The molecule has 1 N–H and O–H groups in total. The van der Waals surface area contributed by atoms with E-state index in [9.17, 15) is 4.79 Å². The Kier molecular flexibility index (Phi) is 4.40. The summed E-state index contributed by atoms with van der Waals surface area (Å²) in [5.41, 5.74) is 1.20. The van der Waals surface area contributed by atoms with Gasteiger partial charge in [-0.25, -0.2) is 0 Å². The lowest BCUT2D eigenvalue weighted by Gasteiger charge is -2.15. The van der Waals surface area contributed by atoms with E-state index in [1.165, 1.54) is 16.9 Å². The maximum atomic E-state index is 12.1. The smallest absolute Gasteiger partial charge is 0.229 e. The van der Waals surface area contributed by atoms with Crippen LogP contribution >= 0.6 is 11.3 Å². The predicted octanol–water partition coefficient (Wildman–Crippen LogP) is 3.42. The van der Waals surface area contributed by atoms with Crippen LogP contribution in [0.3, 0.4) is 0 Å². The van der Waals surface area contributed by atoms with E-state index in [0.29, 0.717) is 5.13 Å². The number of hydrogen-bond donors (Lipinski definition) is 1. The van der Waals surface area contributed by atoms with E-state index in [0.717, 1.165) is 30.7 Å². The second-order valence-electron chi connectivity index (χ2n) is 5.13. The highest BCUT2D eigenvalue weighted by Gasteiger charge is 2.20. The third-order valence-corrected chi connectivity index (χ3v) is 4.37. The summed E-state index contributed by atoms with van der Waals surface area (Å²) in [4.78, 5) is 12.1. The van der Waals surface area contributed by atoms with E-state index in [-0.39, 0.29) is 11.8 Å². The molecular weight excluding hydrogens is 282 g/mol. The molecule has 0 spiro atoms. The van der Waals surface area contributed by atoms with Crippen molar-refractivity contribution in [3.63, 3.8) is 0 Å². The number of amides is 1. The number of anilines is 1. The summed E-state index contributed by atoms with van der Waals surface area (Å²) in [6, 6.07) is 10.1. The number of rotatable bonds is 4. The first-order chi connectivity index (χ1) is 10.3. The summed E-state index contributed by atoms with van der Waals surface area (Å²) in [7, 11) is 0. The summed E-state index contributed by atoms with van der Waals surface area (Å²) < 4.78 is 0. The van der Waals surface area contributed by atoms with Crippen LogP contribution in [0.4, 0.5) is 5.13 Å². The molecule has 0 radical (unpaired) electrons. The van der Waals surface area contributed by atoms with Crippen molar-refractivity contribution < 1.29 is 4.79 Å². The summed E-state index contributed by atoms with van der Waals surface area (Å²) >= 11 is 1.45. The number of nitrogens with one attached hydrogen (secondary N) is 1. The second-order valence-corrected chi connectivity index (χ2v) is 6.20. The number of benzene rings is 1. The molecule has 4 nitrogen and oxygen atoms in total. The summed E-state index contributed by atoms with van der Waals surface area (Å²) in [6.45, 7) is 0. The highest BCUT2D eigenvalue weighted by molar-refractivity contribution is 7.15. The van der Waals surface area contributed by atoms with Crippen LogP contribution in [-0.4, -0.2) is 16.1 Å². The monoisotopic (exact) mass is 299 g/mol. The molecule has 3 rings (SSSR count). The second kappa shape index (κ2) is 6.63. The average Bonchev–Trinajstić information content (AvgIpc) is 2.96. The molecule has 1 aromatic carbocycles. The Balaban J connectivity index is 1.60. The zero-order chi connectivity index (χ0) is 14.5. The lowest BCUT2D eigenvalue weighted by Crippen LogP contribution is -2.23. The van der Waals surface area contributed by atoms with Crippen LogP contribution in [0, 0.1) is 5.92 Å². The van der Waals surface area contributed by atoms with E-state index in [4.69, 9.17) is 0 Å². The van der Waals surface area contributed by atoms with Crippen molar-refractivity contribution in [2.24, 2.45) is 5.92 Å². The molecule has 1 aliphatic carbocycles. The molecule has 1 aromatic heterocycles. The van der Waals surface area contributed by atoms with Crippen molar-refractivity contribution in [3.8, 4) is 0 Å². The van der Waals surface area contributed by atoms with Gasteiger partial charge in [0.05, 0.1) is 0 Å². The number of allylic oxidation sites excluding steroid dienone is 2. The standard InChI is InChI=1S/C16H17N3OS/c20-15(13-9-5-2-6-10-13)17-16-19-18-14(21-16)11-12-7-3-1-4-8-12/h1-5,7-8,13H,6,9-11H2,(H,17,19,20). The number of aromatic nitrogens is 2. The minimum absolute atomic E-state index is 0.0572. The summed E-state index contributed by atoms with van der Waals surface area (Å²) in [5, 5.41) is 12.6. The molecule has 21 heavy (non-hydrogen) atoms. The van der Waals surface area contributed by atoms with E-state index in [1.807, 2.05) is 18.2 Å². The quantitative estimate of drug-likeness (QED) is 0.880. The molecule has 0 saturated carbocycles. The molecule has 0 saturated heterocycles. The Morgan fingerprint density at radius 3 is 2.86 bits per heavy atom. The van der Waals surface area contributed by atoms with Crippen molar-refractivity contribution in [2.45, 2.75) is 25.7 Å². The lowest BCUT2D eigenvalue weighted by molar-refractivity contribution is -0.120. The first-order valence-corrected chi connectivity index (χ1v) is 7.95. The van der Waals surface area contributed by atoms with Gasteiger partial charge in [0.15, 0.2) is 0 Å². The predicted molar refractivity (Wildman–Crippen MR) is 84.3 cm³/mol. The Bertz CT molecular complexity index is 636. The number of nitrogens with zero attached hydrogens (tertiary/aromatic N) is 2. The third-order valence-electron chi connectivity index (χ3n) is 3.54. The fourth-order valence-corrected chi connectivity index (χ4v) is 3.16. The number of carbonyl (C=O) groups is 1. The first-order valence-electron chi connectivity index (χ1n) is 7.13. The van der Waals surface area contributed by atoms with Gasteiger partial charge < -0.3 is 5.32 Å². The van der Waals surface area contributed by atoms with Gasteiger partial charge in [-0.1, -0.05) is 53.8 Å². The van der Waals surface area contributed by atoms with Gasteiger partial charge in [-0.15, -0.1) is 10.2 Å². The summed E-state index contributed by atoms with van der Waals surface area (Å²) in [5.74, 6) is 0.123. The van der Waals surface area contributed by atoms with Crippen LogP contribution in [0.1, 0.15) is 29.8 Å². The highest BCUT2D eigenvalue weighted by atomic mass is 32.1. The van der Waals surface area contributed by atoms with E-state index in [1.54, 1.807) is 0 Å². The largest absolute Gasteiger partial charge is 0.300 e. The SMILES string of the molecule is O=C(Nc1nnc(Cc2ccccc2)s1)C1CC=CCC1. The van der Waals surface area contributed by atoms with Gasteiger partial charge in [-0.2, -0.15) is 0 Å². The van der Waals surface area contributed by atoms with Crippen molar-refractivity contribution in [3.05, 3.63) is 53.1 Å². The van der Waals surface area contributed by atoms with Gasteiger partial charge in [0.2, 0.25) is 11.0 Å². The zero-order valence-electron chi connectivity index (χ0n) is 11.7. The molecule has 108 valence electrons. The Labute approximate surface area is 127 Å². The van der Waals surface area contributed by atoms with Gasteiger partial charge in [-0.05, 0) is 24.8 Å². The van der Waals surface area contributed by atoms with Crippen LogP contribution < -0.4 is 5.32 Å². The van der Waals surface area contributed by atoms with Gasteiger partial charge in [0.1, 0.15) is 5.01 Å². The molecule has 1 amide bonds. The Morgan fingerprint density at radius 2 is 2.10 bits per heavy atom. The topological polar surface area (TPSA) is 54.9 Å². The molecule has 2 aromatic rings. The summed E-state index contributed by atoms with van der Waals surface area (Å²) in [6.07, 6.45) is 7.68. The number of carbonyl (C=O) groups excluding carboxylic acids is 1. The van der Waals surface area contributed by atoms with Gasteiger partial charge in [0.25, 0.3) is 0 Å². The maximum Gasteiger partial charge on any atom is 0.229 e. The van der Waals surface area contributed by atoms with Crippen LogP contribution in [0.2, 0.25) is 0 Å². The maximum absolute atomic E-state index is 12.1. The molecule has 5 heteroatoms. The van der Waals surface area contributed by atoms with Crippen LogP contribution in [0.25, 0.3) is 0 Å². The van der Waals surface area contributed by atoms with Crippen molar-refractivity contribution in [1.29, 1.82) is 0 Å². The molecule has 1 heterocycles. The van der Waals surface area contributed by atoms with E-state index < -0.39 is 0 Å². The lowest BCUT2D eigenvalue weighted by atomic mass is 9.94. The van der Waals surface area contributed by atoms with Crippen molar-refractivity contribution in [1.82, 2.24) is 10.2 Å². The molecular formula is C16H17N3OS. The fourth-order valence-electron chi connectivity index (χ4n) is 2.39. The molecule has 0 bridgehead atoms. The number of hydrogen-bond acceptors (Lipinski definition) is 4. The molecule has 1 unspecified atom stereocenters. The van der Waals surface area contributed by atoms with Crippen molar-refractivity contribution >= 4 is 22.4 Å². The highest BCUT2D eigenvalue weighted by Crippen LogP contribution is 2.22. The third kappa shape index (κ3) is 3.76. The zero-order valence-corrected chi connectivity index (χ0v) is 12.5. The van der Waals surface area contributed by atoms with E-state index >= 15 is 0 Å². The molecule has 0 fully saturated rings. The van der Waals surface area contributed by atoms with Gasteiger partial charge in [0, 0.05) is 12.3 Å².